The number of benzene rings is 2. The van der Waals surface area contributed by atoms with Gasteiger partial charge in [0.2, 0.25) is 17.7 Å². The van der Waals surface area contributed by atoms with E-state index in [0.29, 0.717) is 23.3 Å². The Morgan fingerprint density at radius 1 is 0.909 bits per heavy atom. The number of rotatable bonds is 5. The van der Waals surface area contributed by atoms with Gasteiger partial charge in [-0.3, -0.25) is 19.3 Å². The van der Waals surface area contributed by atoms with E-state index in [4.69, 9.17) is 4.74 Å². The Labute approximate surface area is 192 Å². The summed E-state index contributed by atoms with van der Waals surface area (Å²) < 4.78 is 5.91. The minimum atomic E-state index is -0.371. The molecule has 6 heteroatoms. The van der Waals surface area contributed by atoms with Gasteiger partial charge in [0.15, 0.2) is 0 Å². The van der Waals surface area contributed by atoms with E-state index in [-0.39, 0.29) is 47.9 Å². The van der Waals surface area contributed by atoms with E-state index in [1.54, 1.807) is 24.3 Å². The number of likely N-dealkylation sites (tertiary alicyclic amines) is 1. The second-order valence-corrected chi connectivity index (χ2v) is 9.92. The van der Waals surface area contributed by atoms with Gasteiger partial charge in [0.05, 0.1) is 11.8 Å². The van der Waals surface area contributed by atoms with Gasteiger partial charge < -0.3 is 10.1 Å². The molecule has 2 saturated carbocycles. The minimum Gasteiger partial charge on any atom is -0.457 e. The Bertz CT molecular complexity index is 1140. The van der Waals surface area contributed by atoms with E-state index in [1.807, 2.05) is 26.0 Å². The highest BCUT2D eigenvalue weighted by molar-refractivity contribution is 6.09. The third-order valence-electron chi connectivity index (χ3n) is 7.62. The quantitative estimate of drug-likeness (QED) is 0.559. The van der Waals surface area contributed by atoms with Crippen molar-refractivity contribution in [2.75, 3.05) is 11.9 Å². The van der Waals surface area contributed by atoms with Gasteiger partial charge in [-0.1, -0.05) is 18.2 Å². The van der Waals surface area contributed by atoms with Crippen LogP contribution in [0.25, 0.3) is 0 Å². The fourth-order valence-electron chi connectivity index (χ4n) is 6.25. The predicted molar refractivity (Wildman–Crippen MR) is 122 cm³/mol. The molecule has 3 fully saturated rings. The normalized spacial score (nSPS) is 30.8. The fraction of sp³-hybridized carbons (Fsp3) is 0.370. The maximum atomic E-state index is 13.0. The standard InChI is InChI=1S/C27H26N2O4/c1-14-9-15(2)11-18(10-14)33-17-5-3-16(4-6-17)28-23(30)13-29-26(31)24-19-7-8-20(22-12-21(19)22)25(24)27(29)32/h3-11,19-22,24-25H,12-13H2,1-2H3,(H,28,30)/t19-,20-,21-,22-,24+,25+/m0/s1. The van der Waals surface area contributed by atoms with Crippen LogP contribution in [0.1, 0.15) is 17.5 Å². The van der Waals surface area contributed by atoms with Crippen LogP contribution in [0.15, 0.2) is 54.6 Å². The zero-order valence-corrected chi connectivity index (χ0v) is 18.7. The molecule has 2 aromatic rings. The van der Waals surface area contributed by atoms with Crippen molar-refractivity contribution in [2.45, 2.75) is 20.3 Å². The van der Waals surface area contributed by atoms with Crippen molar-refractivity contribution in [3.8, 4) is 11.5 Å². The first-order valence-corrected chi connectivity index (χ1v) is 11.6. The largest absolute Gasteiger partial charge is 0.457 e. The topological polar surface area (TPSA) is 75.7 Å². The van der Waals surface area contributed by atoms with Gasteiger partial charge in [-0.2, -0.15) is 0 Å². The number of hydrogen-bond donors (Lipinski definition) is 1. The Morgan fingerprint density at radius 3 is 2.06 bits per heavy atom. The molecule has 1 N–H and O–H groups in total. The molecule has 2 bridgehead atoms. The lowest BCUT2D eigenvalue weighted by atomic mass is 9.63. The Balaban J connectivity index is 1.09. The van der Waals surface area contributed by atoms with Crippen LogP contribution in [0.4, 0.5) is 5.69 Å². The molecule has 4 aliphatic carbocycles. The molecule has 1 saturated heterocycles. The molecule has 0 unspecified atom stereocenters. The number of allylic oxidation sites excluding steroid dienone is 2. The van der Waals surface area contributed by atoms with Gasteiger partial charge in [-0.25, -0.2) is 0 Å². The zero-order valence-electron chi connectivity index (χ0n) is 18.7. The summed E-state index contributed by atoms with van der Waals surface area (Å²) in [4.78, 5) is 39.9. The zero-order chi connectivity index (χ0) is 22.9. The molecule has 5 aliphatic rings. The van der Waals surface area contributed by atoms with Crippen molar-refractivity contribution in [1.82, 2.24) is 4.90 Å². The summed E-state index contributed by atoms with van der Waals surface area (Å²) in [6.45, 7) is 3.81. The summed E-state index contributed by atoms with van der Waals surface area (Å²) in [6.07, 6.45) is 5.40. The molecule has 1 aliphatic heterocycles. The highest BCUT2D eigenvalue weighted by Gasteiger charge is 2.67. The molecule has 1 heterocycles. The smallest absolute Gasteiger partial charge is 0.244 e. The summed E-state index contributed by atoms with van der Waals surface area (Å²) in [5.41, 5.74) is 2.84. The predicted octanol–water partition coefficient (Wildman–Crippen LogP) is 4.09. The average molecular weight is 443 g/mol. The highest BCUT2D eigenvalue weighted by Crippen LogP contribution is 2.65. The Hall–Kier alpha value is -3.41. The summed E-state index contributed by atoms with van der Waals surface area (Å²) in [6, 6.07) is 13.1. The third-order valence-corrected chi connectivity index (χ3v) is 7.62. The molecule has 6 nitrogen and oxygen atoms in total. The van der Waals surface area contributed by atoms with Crippen molar-refractivity contribution in [3.63, 3.8) is 0 Å². The molecule has 2 aromatic carbocycles. The van der Waals surface area contributed by atoms with Crippen LogP contribution in [-0.2, 0) is 14.4 Å². The number of anilines is 1. The van der Waals surface area contributed by atoms with E-state index in [0.717, 1.165) is 23.3 Å². The van der Waals surface area contributed by atoms with E-state index < -0.39 is 0 Å². The maximum Gasteiger partial charge on any atom is 0.244 e. The van der Waals surface area contributed by atoms with Crippen molar-refractivity contribution < 1.29 is 19.1 Å². The lowest BCUT2D eigenvalue weighted by molar-refractivity contribution is -0.142. The Kier molecular flexibility index (Phi) is 4.47. The first-order valence-electron chi connectivity index (χ1n) is 11.6. The van der Waals surface area contributed by atoms with Gasteiger partial charge >= 0.3 is 0 Å². The van der Waals surface area contributed by atoms with Crippen LogP contribution in [0.5, 0.6) is 11.5 Å². The number of nitrogens with zero attached hydrogens (tertiary/aromatic N) is 1. The molecule has 6 atom stereocenters. The molecule has 0 radical (unpaired) electrons. The number of imide groups is 1. The molecule has 7 rings (SSSR count). The highest BCUT2D eigenvalue weighted by atomic mass is 16.5. The lowest BCUT2D eigenvalue weighted by Gasteiger charge is -2.37. The number of carbonyl (C=O) groups excluding carboxylic acids is 3. The summed E-state index contributed by atoms with van der Waals surface area (Å²) in [5.74, 6) is 1.58. The van der Waals surface area contributed by atoms with E-state index >= 15 is 0 Å². The van der Waals surface area contributed by atoms with Crippen LogP contribution in [0, 0.1) is 49.4 Å². The molecule has 3 amide bonds. The van der Waals surface area contributed by atoms with Crippen LogP contribution in [0.2, 0.25) is 0 Å². The molecular weight excluding hydrogens is 416 g/mol. The van der Waals surface area contributed by atoms with Gasteiger partial charge in [0.25, 0.3) is 0 Å². The van der Waals surface area contributed by atoms with Crippen molar-refractivity contribution in [2.24, 2.45) is 35.5 Å². The SMILES string of the molecule is Cc1cc(C)cc(Oc2ccc(NC(=O)CN3C(=O)[C@@H]4[C@H]5C=C[C@@H]([C@@H]6C[C@@H]56)[C@H]4C3=O)cc2)c1. The maximum absolute atomic E-state index is 13.0. The molecular formula is C27H26N2O4. The van der Waals surface area contributed by atoms with Gasteiger partial charge in [-0.05, 0) is 91.5 Å². The number of ether oxygens (including phenoxy) is 1. The van der Waals surface area contributed by atoms with E-state index in [9.17, 15) is 14.4 Å². The van der Waals surface area contributed by atoms with E-state index in [2.05, 4.69) is 23.5 Å². The first-order chi connectivity index (χ1) is 15.9. The molecule has 168 valence electrons. The van der Waals surface area contributed by atoms with Crippen LogP contribution < -0.4 is 10.1 Å². The number of nitrogens with one attached hydrogen (secondary N) is 1. The van der Waals surface area contributed by atoms with Gasteiger partial charge in [0, 0.05) is 5.69 Å². The number of hydrogen-bond acceptors (Lipinski definition) is 4. The molecule has 33 heavy (non-hydrogen) atoms. The van der Waals surface area contributed by atoms with Crippen LogP contribution >= 0.6 is 0 Å². The second kappa shape index (κ2) is 7.30. The summed E-state index contributed by atoms with van der Waals surface area (Å²) >= 11 is 0. The molecule has 0 spiro atoms. The first kappa shape index (κ1) is 20.2. The Morgan fingerprint density at radius 2 is 1.48 bits per heavy atom. The molecule has 0 aromatic heterocycles. The van der Waals surface area contributed by atoms with Crippen LogP contribution in [0.3, 0.4) is 0 Å². The van der Waals surface area contributed by atoms with Crippen molar-refractivity contribution >= 4 is 23.4 Å². The third kappa shape index (κ3) is 3.36. The lowest BCUT2D eigenvalue weighted by Crippen LogP contribution is -2.40. The van der Waals surface area contributed by atoms with Crippen molar-refractivity contribution in [1.29, 1.82) is 0 Å². The van der Waals surface area contributed by atoms with Gasteiger partial charge in [0.1, 0.15) is 18.0 Å². The second-order valence-electron chi connectivity index (χ2n) is 9.92. The van der Waals surface area contributed by atoms with Crippen molar-refractivity contribution in [3.05, 3.63) is 65.7 Å². The van der Waals surface area contributed by atoms with E-state index in [1.165, 1.54) is 4.90 Å². The fourth-order valence-corrected chi connectivity index (χ4v) is 6.25. The van der Waals surface area contributed by atoms with Gasteiger partial charge in [-0.15, -0.1) is 0 Å². The monoisotopic (exact) mass is 442 g/mol. The number of carbonyl (C=O) groups is 3. The summed E-state index contributed by atoms with van der Waals surface area (Å²) in [5, 5.41) is 2.80. The minimum absolute atomic E-state index is 0.166. The van der Waals surface area contributed by atoms with Crippen LogP contribution in [-0.4, -0.2) is 29.2 Å². The summed E-state index contributed by atoms with van der Waals surface area (Å²) in [7, 11) is 0. The number of aryl methyl sites for hydroxylation is 2. The average Bonchev–Trinajstić information content (AvgIpc) is 3.55. The number of amides is 3.